The third kappa shape index (κ3) is 5.68. The predicted molar refractivity (Wildman–Crippen MR) is 133 cm³/mol. The van der Waals surface area contributed by atoms with E-state index < -0.39 is 31.8 Å². The molecule has 0 aliphatic carbocycles. The van der Waals surface area contributed by atoms with E-state index in [0.717, 1.165) is 24.3 Å². The topological polar surface area (TPSA) is 122 Å². The van der Waals surface area contributed by atoms with Crippen molar-refractivity contribution >= 4 is 48.9 Å². The first-order valence-electron chi connectivity index (χ1n) is 10.6. The quantitative estimate of drug-likeness (QED) is 0.461. The number of nitrogens with zero attached hydrogens (tertiary/aromatic N) is 1. The van der Waals surface area contributed by atoms with Gasteiger partial charge in [0.2, 0.25) is 10.0 Å². The van der Waals surface area contributed by atoms with E-state index in [2.05, 4.69) is 10.0 Å². The van der Waals surface area contributed by atoms with Gasteiger partial charge in [-0.2, -0.15) is 4.31 Å². The molecule has 13 heteroatoms. The van der Waals surface area contributed by atoms with E-state index in [-0.39, 0.29) is 58.1 Å². The van der Waals surface area contributed by atoms with Crippen molar-refractivity contribution in [1.82, 2.24) is 4.31 Å². The van der Waals surface area contributed by atoms with E-state index in [4.69, 9.17) is 16.3 Å². The normalized spacial score (nSPS) is 14.8. The van der Waals surface area contributed by atoms with Crippen molar-refractivity contribution in [2.75, 3.05) is 36.3 Å². The zero-order chi connectivity index (χ0) is 25.9. The molecule has 0 bridgehead atoms. The second kappa shape index (κ2) is 10.5. The van der Waals surface area contributed by atoms with Gasteiger partial charge in [0.25, 0.3) is 15.9 Å². The van der Waals surface area contributed by atoms with E-state index in [1.165, 1.54) is 46.8 Å². The van der Waals surface area contributed by atoms with Crippen molar-refractivity contribution in [3.05, 3.63) is 83.1 Å². The fourth-order valence-corrected chi connectivity index (χ4v) is 6.15. The molecule has 0 radical (unpaired) electrons. The Morgan fingerprint density at radius 1 is 0.889 bits per heavy atom. The average molecular weight is 554 g/mol. The minimum atomic E-state index is -4.12. The number of para-hydroxylation sites is 1. The molecule has 3 aromatic carbocycles. The molecule has 190 valence electrons. The van der Waals surface area contributed by atoms with Crippen molar-refractivity contribution in [3.8, 4) is 0 Å². The van der Waals surface area contributed by atoms with Crippen LogP contribution in [0.5, 0.6) is 0 Å². The first kappa shape index (κ1) is 26.0. The molecule has 0 unspecified atom stereocenters. The van der Waals surface area contributed by atoms with Gasteiger partial charge < -0.3 is 10.1 Å². The SMILES string of the molecule is O=C(Nc1cc(S(=O)(=O)N2CCOCC2)ccc1Cl)c1ccccc1NS(=O)(=O)c1ccc(F)cc1. The maximum atomic E-state index is 13.2. The lowest BCUT2D eigenvalue weighted by Gasteiger charge is -2.26. The number of hydrogen-bond donors (Lipinski definition) is 2. The van der Waals surface area contributed by atoms with E-state index >= 15 is 0 Å². The number of sulfonamides is 2. The molecule has 0 saturated carbocycles. The molecule has 3 aromatic rings. The second-order valence-electron chi connectivity index (χ2n) is 7.72. The lowest BCUT2D eigenvalue weighted by Crippen LogP contribution is -2.40. The van der Waals surface area contributed by atoms with Gasteiger partial charge in [-0.1, -0.05) is 23.7 Å². The summed E-state index contributed by atoms with van der Waals surface area (Å²) in [6.07, 6.45) is 0. The van der Waals surface area contributed by atoms with E-state index in [9.17, 15) is 26.0 Å². The van der Waals surface area contributed by atoms with Crippen molar-refractivity contribution in [2.45, 2.75) is 9.79 Å². The summed E-state index contributed by atoms with van der Waals surface area (Å²) in [6.45, 7) is 0.963. The van der Waals surface area contributed by atoms with Crippen molar-refractivity contribution in [2.24, 2.45) is 0 Å². The van der Waals surface area contributed by atoms with E-state index in [1.807, 2.05) is 0 Å². The fourth-order valence-electron chi connectivity index (χ4n) is 3.47. The molecule has 9 nitrogen and oxygen atoms in total. The summed E-state index contributed by atoms with van der Waals surface area (Å²) in [7, 11) is -7.97. The molecule has 36 heavy (non-hydrogen) atoms. The summed E-state index contributed by atoms with van der Waals surface area (Å²) >= 11 is 6.22. The summed E-state index contributed by atoms with van der Waals surface area (Å²) in [6, 6.07) is 14.0. The number of carbonyl (C=O) groups is 1. The van der Waals surface area contributed by atoms with Gasteiger partial charge in [-0.05, 0) is 54.6 Å². The number of ether oxygens (including phenoxy) is 1. The highest BCUT2D eigenvalue weighted by atomic mass is 35.5. The third-order valence-corrected chi connectivity index (χ3v) is 8.94. The Morgan fingerprint density at radius 2 is 1.53 bits per heavy atom. The van der Waals surface area contributed by atoms with Crippen LogP contribution >= 0.6 is 11.6 Å². The summed E-state index contributed by atoms with van der Waals surface area (Å²) in [5.74, 6) is -1.32. The molecule has 0 aromatic heterocycles. The molecule has 1 aliphatic heterocycles. The highest BCUT2D eigenvalue weighted by Crippen LogP contribution is 2.29. The molecule has 1 aliphatic rings. The number of anilines is 2. The van der Waals surface area contributed by atoms with E-state index in [0.29, 0.717) is 0 Å². The lowest BCUT2D eigenvalue weighted by molar-refractivity contribution is 0.0730. The molecule has 2 N–H and O–H groups in total. The molecule has 4 rings (SSSR count). The molecule has 1 heterocycles. The first-order valence-corrected chi connectivity index (χ1v) is 13.9. The molecule has 0 spiro atoms. The molecular weight excluding hydrogens is 533 g/mol. The van der Waals surface area contributed by atoms with Gasteiger partial charge in [0.05, 0.1) is 45.0 Å². The Labute approximate surface area is 212 Å². The van der Waals surface area contributed by atoms with Gasteiger partial charge in [0.1, 0.15) is 5.82 Å². The fraction of sp³-hybridized carbons (Fsp3) is 0.174. The van der Waals surface area contributed by atoms with Crippen LogP contribution in [-0.4, -0.2) is 53.4 Å². The van der Waals surface area contributed by atoms with Crippen molar-refractivity contribution in [3.63, 3.8) is 0 Å². The Kier molecular flexibility index (Phi) is 7.62. The molecule has 1 amide bonds. The zero-order valence-electron chi connectivity index (χ0n) is 18.6. The maximum absolute atomic E-state index is 13.2. The van der Waals surface area contributed by atoms with Crippen LogP contribution in [0.1, 0.15) is 10.4 Å². The van der Waals surface area contributed by atoms with Gasteiger partial charge in [0.15, 0.2) is 0 Å². The number of hydrogen-bond acceptors (Lipinski definition) is 6. The number of morpholine rings is 1. The number of amides is 1. The van der Waals surface area contributed by atoms with Gasteiger partial charge >= 0.3 is 0 Å². The van der Waals surface area contributed by atoms with Crippen LogP contribution in [0.4, 0.5) is 15.8 Å². The standard InChI is InChI=1S/C23H21ClFN3O6S2/c24-20-10-9-18(36(32,33)28-11-13-34-14-12-28)15-22(20)26-23(29)19-3-1-2-4-21(19)27-35(30,31)17-7-5-16(25)6-8-17/h1-10,15,27H,11-14H2,(H,26,29). The average Bonchev–Trinajstić information content (AvgIpc) is 2.86. The maximum Gasteiger partial charge on any atom is 0.261 e. The van der Waals surface area contributed by atoms with Crippen LogP contribution in [-0.2, 0) is 24.8 Å². The van der Waals surface area contributed by atoms with Gasteiger partial charge in [-0.15, -0.1) is 0 Å². The van der Waals surface area contributed by atoms with Crippen LogP contribution in [0, 0.1) is 5.82 Å². The number of benzene rings is 3. The Hall–Kier alpha value is -3.03. The Bertz CT molecular complexity index is 1490. The van der Waals surface area contributed by atoms with Crippen LogP contribution < -0.4 is 10.0 Å². The molecule has 1 fully saturated rings. The van der Waals surface area contributed by atoms with Crippen LogP contribution in [0.25, 0.3) is 0 Å². The molecule has 1 saturated heterocycles. The smallest absolute Gasteiger partial charge is 0.261 e. The predicted octanol–water partition coefficient (Wildman–Crippen LogP) is 3.55. The van der Waals surface area contributed by atoms with Gasteiger partial charge in [-0.25, -0.2) is 21.2 Å². The molecular formula is C23H21ClFN3O6S2. The van der Waals surface area contributed by atoms with Crippen LogP contribution in [0.2, 0.25) is 5.02 Å². The number of halogens is 2. The van der Waals surface area contributed by atoms with Crippen molar-refractivity contribution < 1.29 is 30.8 Å². The second-order valence-corrected chi connectivity index (χ2v) is 11.7. The van der Waals surface area contributed by atoms with Crippen molar-refractivity contribution in [1.29, 1.82) is 0 Å². The van der Waals surface area contributed by atoms with Crippen LogP contribution in [0.15, 0.2) is 76.5 Å². The first-order chi connectivity index (χ1) is 17.1. The minimum Gasteiger partial charge on any atom is -0.379 e. The zero-order valence-corrected chi connectivity index (χ0v) is 21.0. The van der Waals surface area contributed by atoms with Gasteiger partial charge in [-0.3, -0.25) is 9.52 Å². The summed E-state index contributed by atoms with van der Waals surface area (Å²) in [5, 5.41) is 2.64. The van der Waals surface area contributed by atoms with Crippen LogP contribution in [0.3, 0.4) is 0 Å². The van der Waals surface area contributed by atoms with E-state index in [1.54, 1.807) is 0 Å². The Morgan fingerprint density at radius 3 is 2.22 bits per heavy atom. The highest BCUT2D eigenvalue weighted by Gasteiger charge is 2.27. The van der Waals surface area contributed by atoms with Gasteiger partial charge in [0, 0.05) is 13.1 Å². The number of rotatable bonds is 7. The Balaban J connectivity index is 1.59. The highest BCUT2D eigenvalue weighted by molar-refractivity contribution is 7.92. The largest absolute Gasteiger partial charge is 0.379 e. The summed E-state index contributed by atoms with van der Waals surface area (Å²) < 4.78 is 73.5. The summed E-state index contributed by atoms with van der Waals surface area (Å²) in [4.78, 5) is 12.8. The third-order valence-electron chi connectivity index (χ3n) is 5.33. The molecule has 0 atom stereocenters. The minimum absolute atomic E-state index is 0.0344. The lowest BCUT2D eigenvalue weighted by atomic mass is 10.1. The monoisotopic (exact) mass is 553 g/mol. The summed E-state index contributed by atoms with van der Waals surface area (Å²) in [5.41, 5.74) is -0.0413. The number of nitrogens with one attached hydrogen (secondary N) is 2. The number of carbonyl (C=O) groups excluding carboxylic acids is 1.